The lowest BCUT2D eigenvalue weighted by Gasteiger charge is -2.17. The molecule has 0 radical (unpaired) electrons. The maximum absolute atomic E-state index is 3.18. The van der Waals surface area contributed by atoms with E-state index in [0.717, 1.165) is 13.0 Å². The van der Waals surface area contributed by atoms with E-state index in [1.54, 1.807) is 0 Å². The molecule has 1 nitrogen and oxygen atoms in total. The Labute approximate surface area is 77.1 Å². The van der Waals surface area contributed by atoms with Crippen LogP contribution in [-0.4, -0.2) is 24.5 Å². The summed E-state index contributed by atoms with van der Waals surface area (Å²) in [5.74, 6) is 6.28. The third kappa shape index (κ3) is 6.24. The van der Waals surface area contributed by atoms with Gasteiger partial charge in [0.1, 0.15) is 0 Å². The van der Waals surface area contributed by atoms with Crippen LogP contribution in [0.25, 0.3) is 0 Å². The molecule has 1 heteroatoms. The Morgan fingerprint density at radius 3 is 1.92 bits per heavy atom. The Morgan fingerprint density at radius 1 is 0.917 bits per heavy atom. The van der Waals surface area contributed by atoms with Gasteiger partial charge in [0.25, 0.3) is 0 Å². The summed E-state index contributed by atoms with van der Waals surface area (Å²) in [6.07, 6.45) is 3.44. The van der Waals surface area contributed by atoms with Gasteiger partial charge >= 0.3 is 0 Å². The number of nitrogens with zero attached hydrogens (tertiary/aromatic N) is 1. The fraction of sp³-hybridized carbons (Fsp3) is 0.818. The van der Waals surface area contributed by atoms with Crippen molar-refractivity contribution in [3.8, 4) is 11.8 Å². The van der Waals surface area contributed by atoms with E-state index in [-0.39, 0.29) is 0 Å². The first-order valence-corrected chi connectivity index (χ1v) is 5.03. The van der Waals surface area contributed by atoms with Crippen molar-refractivity contribution >= 4 is 0 Å². The zero-order valence-corrected chi connectivity index (χ0v) is 8.69. The molecule has 0 spiro atoms. The predicted octanol–water partition coefficient (Wildman–Crippen LogP) is 2.52. The van der Waals surface area contributed by atoms with E-state index in [1.807, 2.05) is 0 Å². The SMILES string of the molecule is CCC#CCN(CCC)CCC. The lowest BCUT2D eigenvalue weighted by atomic mass is 10.3. The Bertz CT molecular complexity index is 135. The van der Waals surface area contributed by atoms with E-state index in [2.05, 4.69) is 37.5 Å². The minimum Gasteiger partial charge on any atom is -0.292 e. The number of hydrogen-bond donors (Lipinski definition) is 0. The number of rotatable bonds is 5. The summed E-state index contributed by atoms with van der Waals surface area (Å²) in [7, 11) is 0. The maximum Gasteiger partial charge on any atom is 0.0601 e. The number of hydrogen-bond acceptors (Lipinski definition) is 1. The van der Waals surface area contributed by atoms with E-state index in [1.165, 1.54) is 25.9 Å². The predicted molar refractivity (Wildman–Crippen MR) is 55.1 cm³/mol. The van der Waals surface area contributed by atoms with Crippen molar-refractivity contribution < 1.29 is 0 Å². The highest BCUT2D eigenvalue weighted by molar-refractivity contribution is 5.00. The summed E-state index contributed by atoms with van der Waals surface area (Å²) in [6.45, 7) is 9.86. The van der Waals surface area contributed by atoms with Crippen LogP contribution < -0.4 is 0 Å². The first kappa shape index (κ1) is 11.5. The Hall–Kier alpha value is -0.480. The molecule has 0 bridgehead atoms. The molecule has 0 aromatic heterocycles. The monoisotopic (exact) mass is 167 g/mol. The summed E-state index contributed by atoms with van der Waals surface area (Å²) in [5.41, 5.74) is 0. The molecular weight excluding hydrogens is 146 g/mol. The molecule has 0 heterocycles. The van der Waals surface area contributed by atoms with Gasteiger partial charge in [0.15, 0.2) is 0 Å². The van der Waals surface area contributed by atoms with E-state index in [4.69, 9.17) is 0 Å². The van der Waals surface area contributed by atoms with Crippen LogP contribution in [-0.2, 0) is 0 Å². The van der Waals surface area contributed by atoms with Crippen molar-refractivity contribution in [3.63, 3.8) is 0 Å². The molecule has 12 heavy (non-hydrogen) atoms. The van der Waals surface area contributed by atoms with Gasteiger partial charge in [-0.2, -0.15) is 0 Å². The molecule has 0 rings (SSSR count). The van der Waals surface area contributed by atoms with Crippen molar-refractivity contribution in [2.45, 2.75) is 40.0 Å². The van der Waals surface area contributed by atoms with Gasteiger partial charge in [-0.25, -0.2) is 0 Å². The topological polar surface area (TPSA) is 3.24 Å². The van der Waals surface area contributed by atoms with Crippen molar-refractivity contribution in [1.82, 2.24) is 4.90 Å². The van der Waals surface area contributed by atoms with Crippen LogP contribution in [0.15, 0.2) is 0 Å². The quantitative estimate of drug-likeness (QED) is 0.569. The van der Waals surface area contributed by atoms with E-state index >= 15 is 0 Å². The van der Waals surface area contributed by atoms with Gasteiger partial charge in [0.2, 0.25) is 0 Å². The highest BCUT2D eigenvalue weighted by atomic mass is 15.1. The van der Waals surface area contributed by atoms with Crippen LogP contribution in [0.2, 0.25) is 0 Å². The molecule has 0 fully saturated rings. The lowest BCUT2D eigenvalue weighted by molar-refractivity contribution is 0.308. The van der Waals surface area contributed by atoms with E-state index in [0.29, 0.717) is 0 Å². The molecule has 0 unspecified atom stereocenters. The Balaban J connectivity index is 3.61. The van der Waals surface area contributed by atoms with Crippen molar-refractivity contribution in [3.05, 3.63) is 0 Å². The molecule has 0 atom stereocenters. The largest absolute Gasteiger partial charge is 0.292 e. The van der Waals surface area contributed by atoms with Crippen LogP contribution >= 0.6 is 0 Å². The first-order chi connectivity index (χ1) is 5.85. The molecule has 0 aromatic rings. The van der Waals surface area contributed by atoms with Gasteiger partial charge in [0.05, 0.1) is 6.54 Å². The standard InChI is InChI=1S/C11H21N/c1-4-7-8-11-12(9-5-2)10-6-3/h4-6,9-11H2,1-3H3. The molecule has 0 saturated carbocycles. The molecule has 0 aliphatic heterocycles. The molecule has 0 aliphatic carbocycles. The van der Waals surface area contributed by atoms with Crippen LogP contribution in [0.4, 0.5) is 0 Å². The Kier molecular flexibility index (Phi) is 8.27. The molecule has 0 amide bonds. The average Bonchev–Trinajstić information content (AvgIpc) is 2.06. The molecule has 70 valence electrons. The minimum atomic E-state index is 0.954. The van der Waals surface area contributed by atoms with Crippen LogP contribution in [0.1, 0.15) is 40.0 Å². The maximum atomic E-state index is 3.18. The van der Waals surface area contributed by atoms with E-state index < -0.39 is 0 Å². The normalized spacial score (nSPS) is 9.67. The van der Waals surface area contributed by atoms with Gasteiger partial charge in [-0.15, -0.1) is 5.92 Å². The second-order valence-electron chi connectivity index (χ2n) is 2.98. The third-order valence-corrected chi connectivity index (χ3v) is 1.68. The highest BCUT2D eigenvalue weighted by Crippen LogP contribution is 1.92. The fourth-order valence-corrected chi connectivity index (χ4v) is 1.20. The highest BCUT2D eigenvalue weighted by Gasteiger charge is 1.97. The second-order valence-corrected chi connectivity index (χ2v) is 2.98. The van der Waals surface area contributed by atoms with Gasteiger partial charge in [-0.3, -0.25) is 4.90 Å². The summed E-state index contributed by atoms with van der Waals surface area (Å²) < 4.78 is 0. The third-order valence-electron chi connectivity index (χ3n) is 1.68. The van der Waals surface area contributed by atoms with Gasteiger partial charge in [-0.1, -0.05) is 26.7 Å². The van der Waals surface area contributed by atoms with Crippen molar-refractivity contribution in [2.24, 2.45) is 0 Å². The molecule has 0 N–H and O–H groups in total. The summed E-state index contributed by atoms with van der Waals surface area (Å²) in [5, 5.41) is 0. The molecule has 0 aliphatic rings. The smallest absolute Gasteiger partial charge is 0.0601 e. The molecule has 0 saturated heterocycles. The summed E-state index contributed by atoms with van der Waals surface area (Å²) in [4.78, 5) is 2.42. The van der Waals surface area contributed by atoms with Crippen molar-refractivity contribution in [1.29, 1.82) is 0 Å². The average molecular weight is 167 g/mol. The van der Waals surface area contributed by atoms with Crippen LogP contribution in [0.5, 0.6) is 0 Å². The zero-order valence-electron chi connectivity index (χ0n) is 8.69. The summed E-state index contributed by atoms with van der Waals surface area (Å²) >= 11 is 0. The van der Waals surface area contributed by atoms with Gasteiger partial charge in [-0.05, 0) is 25.9 Å². The zero-order chi connectivity index (χ0) is 9.23. The van der Waals surface area contributed by atoms with E-state index in [9.17, 15) is 0 Å². The first-order valence-electron chi connectivity index (χ1n) is 5.03. The lowest BCUT2D eigenvalue weighted by Crippen LogP contribution is -2.25. The summed E-state index contributed by atoms with van der Waals surface area (Å²) in [6, 6.07) is 0. The minimum absolute atomic E-state index is 0.954. The van der Waals surface area contributed by atoms with Gasteiger partial charge in [0, 0.05) is 6.42 Å². The van der Waals surface area contributed by atoms with Gasteiger partial charge < -0.3 is 0 Å². The molecular formula is C11H21N. The Morgan fingerprint density at radius 2 is 1.50 bits per heavy atom. The molecule has 0 aromatic carbocycles. The fourth-order valence-electron chi connectivity index (χ4n) is 1.20. The van der Waals surface area contributed by atoms with Crippen LogP contribution in [0, 0.1) is 11.8 Å². The van der Waals surface area contributed by atoms with Crippen molar-refractivity contribution in [2.75, 3.05) is 19.6 Å². The van der Waals surface area contributed by atoms with Crippen LogP contribution in [0.3, 0.4) is 0 Å². The second kappa shape index (κ2) is 8.62.